The van der Waals surface area contributed by atoms with Crippen molar-refractivity contribution in [3.63, 3.8) is 0 Å². The number of halogens is 4. The molecule has 176 valence electrons. The van der Waals surface area contributed by atoms with Crippen LogP contribution in [0.15, 0.2) is 84.1 Å². The fourth-order valence-electron chi connectivity index (χ4n) is 3.74. The number of alkyl halides is 3. The maximum atomic E-state index is 13.1. The quantitative estimate of drug-likeness (QED) is 0.259. The largest absolute Gasteiger partial charge is 0.417 e. The predicted molar refractivity (Wildman–Crippen MR) is 132 cm³/mol. The SMILES string of the molecule is O=C(CSc1nccn2nc(-c3cccc4ccccc34)cc12)Nc1ccc(Cl)c(C(F)(F)F)c1. The van der Waals surface area contributed by atoms with Crippen molar-refractivity contribution in [2.75, 3.05) is 11.1 Å². The Labute approximate surface area is 206 Å². The van der Waals surface area contributed by atoms with E-state index >= 15 is 0 Å². The molecule has 0 aliphatic rings. The summed E-state index contributed by atoms with van der Waals surface area (Å²) >= 11 is 6.81. The molecule has 0 atom stereocenters. The lowest BCUT2D eigenvalue weighted by Gasteiger charge is -2.11. The highest BCUT2D eigenvalue weighted by Gasteiger charge is 2.33. The summed E-state index contributed by atoms with van der Waals surface area (Å²) in [5.41, 5.74) is 1.47. The maximum Gasteiger partial charge on any atom is 0.417 e. The fourth-order valence-corrected chi connectivity index (χ4v) is 4.74. The highest BCUT2D eigenvalue weighted by molar-refractivity contribution is 8.00. The van der Waals surface area contributed by atoms with Gasteiger partial charge in [0.15, 0.2) is 0 Å². The second-order valence-electron chi connectivity index (χ2n) is 7.65. The number of carbonyl (C=O) groups excluding carboxylic acids is 1. The number of nitrogens with one attached hydrogen (secondary N) is 1. The van der Waals surface area contributed by atoms with Crippen molar-refractivity contribution in [2.45, 2.75) is 11.2 Å². The molecular formula is C25H16ClF3N4OS. The van der Waals surface area contributed by atoms with E-state index in [1.165, 1.54) is 17.8 Å². The lowest BCUT2D eigenvalue weighted by molar-refractivity contribution is -0.137. The first-order valence-corrected chi connectivity index (χ1v) is 11.8. The maximum absolute atomic E-state index is 13.1. The summed E-state index contributed by atoms with van der Waals surface area (Å²) < 4.78 is 40.9. The summed E-state index contributed by atoms with van der Waals surface area (Å²) in [7, 11) is 0. The van der Waals surface area contributed by atoms with E-state index in [4.69, 9.17) is 11.6 Å². The Kier molecular flexibility index (Phi) is 6.12. The summed E-state index contributed by atoms with van der Waals surface area (Å²) in [5, 5.41) is 9.48. The molecule has 10 heteroatoms. The van der Waals surface area contributed by atoms with Gasteiger partial charge in [0.1, 0.15) is 5.03 Å². The minimum absolute atomic E-state index is 0.0149. The first kappa shape index (κ1) is 23.2. The van der Waals surface area contributed by atoms with E-state index in [1.807, 2.05) is 48.5 Å². The molecule has 0 saturated heterocycles. The zero-order valence-corrected chi connectivity index (χ0v) is 19.5. The van der Waals surface area contributed by atoms with Gasteiger partial charge in [-0.05, 0) is 35.0 Å². The number of aromatic nitrogens is 3. The van der Waals surface area contributed by atoms with E-state index in [0.717, 1.165) is 39.7 Å². The molecule has 0 aliphatic heterocycles. The van der Waals surface area contributed by atoms with Crippen LogP contribution < -0.4 is 5.32 Å². The van der Waals surface area contributed by atoms with Gasteiger partial charge in [-0.15, -0.1) is 0 Å². The van der Waals surface area contributed by atoms with Crippen LogP contribution in [0.25, 0.3) is 27.5 Å². The molecule has 0 spiro atoms. The molecule has 0 fully saturated rings. The average molecular weight is 513 g/mol. The van der Waals surface area contributed by atoms with E-state index in [0.29, 0.717) is 5.03 Å². The van der Waals surface area contributed by atoms with Gasteiger partial charge in [0, 0.05) is 23.6 Å². The second-order valence-corrected chi connectivity index (χ2v) is 9.02. The number of benzene rings is 3. The summed E-state index contributed by atoms with van der Waals surface area (Å²) in [5.74, 6) is -0.520. The highest BCUT2D eigenvalue weighted by Crippen LogP contribution is 2.36. The molecule has 0 aliphatic carbocycles. The lowest BCUT2D eigenvalue weighted by Crippen LogP contribution is -2.15. The third kappa shape index (κ3) is 4.82. The number of nitrogens with zero attached hydrogens (tertiary/aromatic N) is 3. The van der Waals surface area contributed by atoms with Gasteiger partial charge >= 0.3 is 6.18 Å². The highest BCUT2D eigenvalue weighted by atomic mass is 35.5. The first-order valence-electron chi connectivity index (χ1n) is 10.4. The summed E-state index contributed by atoms with van der Waals surface area (Å²) in [6.07, 6.45) is -1.31. The van der Waals surface area contributed by atoms with Gasteiger partial charge < -0.3 is 5.32 Å². The van der Waals surface area contributed by atoms with Crippen LogP contribution in [0.4, 0.5) is 18.9 Å². The van der Waals surface area contributed by atoms with Crippen LogP contribution in [-0.4, -0.2) is 26.3 Å². The van der Waals surface area contributed by atoms with Gasteiger partial charge in [0.25, 0.3) is 0 Å². The molecule has 0 radical (unpaired) electrons. The van der Waals surface area contributed by atoms with E-state index < -0.39 is 22.7 Å². The number of thioether (sulfide) groups is 1. The summed E-state index contributed by atoms with van der Waals surface area (Å²) in [6, 6.07) is 19.2. The first-order chi connectivity index (χ1) is 16.8. The predicted octanol–water partition coefficient (Wildman–Crippen LogP) is 6.95. The number of hydrogen-bond donors (Lipinski definition) is 1. The molecule has 2 aromatic heterocycles. The molecule has 5 nitrogen and oxygen atoms in total. The van der Waals surface area contributed by atoms with Crippen LogP contribution in [0.3, 0.4) is 0 Å². The topological polar surface area (TPSA) is 59.3 Å². The van der Waals surface area contributed by atoms with Crippen molar-refractivity contribution in [3.05, 3.63) is 89.7 Å². The minimum Gasteiger partial charge on any atom is -0.325 e. The van der Waals surface area contributed by atoms with Crippen molar-refractivity contribution in [3.8, 4) is 11.3 Å². The Morgan fingerprint density at radius 2 is 1.86 bits per heavy atom. The average Bonchev–Trinajstić information content (AvgIpc) is 3.27. The Morgan fingerprint density at radius 1 is 1.06 bits per heavy atom. The molecular weight excluding hydrogens is 497 g/mol. The number of anilines is 1. The van der Waals surface area contributed by atoms with Crippen LogP contribution >= 0.6 is 23.4 Å². The van der Waals surface area contributed by atoms with Crippen LogP contribution in [0.2, 0.25) is 5.02 Å². The molecule has 0 unspecified atom stereocenters. The molecule has 5 aromatic rings. The third-order valence-corrected chi connectivity index (χ3v) is 6.64. The number of hydrogen-bond acceptors (Lipinski definition) is 4. The summed E-state index contributed by atoms with van der Waals surface area (Å²) in [6.45, 7) is 0. The minimum atomic E-state index is -4.62. The number of carbonyl (C=O) groups is 1. The lowest BCUT2D eigenvalue weighted by atomic mass is 10.0. The molecule has 35 heavy (non-hydrogen) atoms. The Bertz CT molecular complexity index is 1560. The zero-order chi connectivity index (χ0) is 24.6. The van der Waals surface area contributed by atoms with E-state index in [9.17, 15) is 18.0 Å². The van der Waals surface area contributed by atoms with Crippen molar-refractivity contribution < 1.29 is 18.0 Å². The third-order valence-electron chi connectivity index (χ3n) is 5.32. The van der Waals surface area contributed by atoms with Crippen LogP contribution in [0.5, 0.6) is 0 Å². The van der Waals surface area contributed by atoms with Crippen molar-refractivity contribution in [1.29, 1.82) is 0 Å². The van der Waals surface area contributed by atoms with Crippen molar-refractivity contribution in [2.24, 2.45) is 0 Å². The van der Waals surface area contributed by atoms with Gasteiger partial charge in [-0.25, -0.2) is 9.50 Å². The molecule has 5 rings (SSSR count). The van der Waals surface area contributed by atoms with E-state index in [2.05, 4.69) is 15.4 Å². The summed E-state index contributed by atoms with van der Waals surface area (Å²) in [4.78, 5) is 16.8. The van der Waals surface area contributed by atoms with Gasteiger partial charge in [-0.2, -0.15) is 18.3 Å². The molecule has 0 saturated carbocycles. The molecule has 1 N–H and O–H groups in total. The number of rotatable bonds is 5. The number of fused-ring (bicyclic) bond motifs is 2. The zero-order valence-electron chi connectivity index (χ0n) is 17.9. The van der Waals surface area contributed by atoms with Gasteiger partial charge in [0.2, 0.25) is 5.91 Å². The van der Waals surface area contributed by atoms with Crippen LogP contribution in [0, 0.1) is 0 Å². The van der Waals surface area contributed by atoms with Crippen molar-refractivity contribution >= 4 is 51.2 Å². The molecule has 1 amide bonds. The van der Waals surface area contributed by atoms with Crippen LogP contribution in [-0.2, 0) is 11.0 Å². The second kappa shape index (κ2) is 9.24. The number of amides is 1. The molecule has 0 bridgehead atoms. The monoisotopic (exact) mass is 512 g/mol. The Morgan fingerprint density at radius 3 is 2.69 bits per heavy atom. The molecule has 2 heterocycles. The van der Waals surface area contributed by atoms with Gasteiger partial charge in [0.05, 0.1) is 27.5 Å². The normalized spacial score (nSPS) is 11.8. The standard InChI is InChI=1S/C25H16ClF3N4OS/c26-20-9-8-16(12-19(20)25(27,28)29)31-23(34)14-35-24-22-13-21(32-33(22)11-10-30-24)18-7-3-5-15-4-1-2-6-17(15)18/h1-13H,14H2,(H,31,34). The molecule has 3 aromatic carbocycles. The van der Waals surface area contributed by atoms with Gasteiger partial charge in [-0.1, -0.05) is 65.8 Å². The fraction of sp³-hybridized carbons (Fsp3) is 0.0800. The smallest absolute Gasteiger partial charge is 0.325 e. The van der Waals surface area contributed by atoms with E-state index in [-0.39, 0.29) is 11.4 Å². The Balaban J connectivity index is 1.36. The van der Waals surface area contributed by atoms with E-state index in [1.54, 1.807) is 16.9 Å². The van der Waals surface area contributed by atoms with Crippen LogP contribution in [0.1, 0.15) is 5.56 Å². The Hall–Kier alpha value is -3.56. The van der Waals surface area contributed by atoms with Gasteiger partial charge in [-0.3, -0.25) is 4.79 Å². The van der Waals surface area contributed by atoms with Crippen molar-refractivity contribution in [1.82, 2.24) is 14.6 Å².